The summed E-state index contributed by atoms with van der Waals surface area (Å²) in [7, 11) is 0. The van der Waals surface area contributed by atoms with Crippen LogP contribution >= 0.6 is 0 Å². The molecule has 1 nitrogen and oxygen atoms in total. The number of hydrogen-bond donors (Lipinski definition) is 0. The van der Waals surface area contributed by atoms with E-state index in [1.807, 2.05) is 13.8 Å². The molecule has 0 amide bonds. The molecule has 0 bridgehead atoms. The van der Waals surface area contributed by atoms with Crippen LogP contribution in [0.1, 0.15) is 26.3 Å². The van der Waals surface area contributed by atoms with E-state index < -0.39 is 0 Å². The third kappa shape index (κ3) is 6.26. The predicted octanol–water partition coefficient (Wildman–Crippen LogP) is 2.09. The summed E-state index contributed by atoms with van der Waals surface area (Å²) in [6.07, 6.45) is 1.15. The van der Waals surface area contributed by atoms with Gasteiger partial charge in [0.1, 0.15) is 0 Å². The van der Waals surface area contributed by atoms with Crippen molar-refractivity contribution in [2.75, 3.05) is 13.2 Å². The van der Waals surface area contributed by atoms with Gasteiger partial charge in [-0.05, 0) is 13.8 Å². The molecule has 0 aromatic heterocycles. The van der Waals surface area contributed by atoms with Gasteiger partial charge in [0.2, 0.25) is 0 Å². The molecule has 0 unspecified atom stereocenters. The molecule has 1 aromatic rings. The van der Waals surface area contributed by atoms with Gasteiger partial charge in [-0.15, -0.1) is 0 Å². The van der Waals surface area contributed by atoms with E-state index >= 15 is 0 Å². The van der Waals surface area contributed by atoms with Crippen molar-refractivity contribution >= 4 is 22.0 Å². The van der Waals surface area contributed by atoms with Crippen LogP contribution in [0.15, 0.2) is 24.3 Å². The van der Waals surface area contributed by atoms with Crippen LogP contribution in [0.25, 0.3) is 0 Å². The average Bonchev–Trinajstić information content (AvgIpc) is 2.21. The van der Waals surface area contributed by atoms with Gasteiger partial charge in [-0.1, -0.05) is 0 Å². The Morgan fingerprint density at radius 3 is 1.93 bits per heavy atom. The molecule has 14 heavy (non-hydrogen) atoms. The Balaban J connectivity index is 0.000000292. The van der Waals surface area contributed by atoms with Gasteiger partial charge in [-0.25, -0.2) is 0 Å². The molecule has 0 aliphatic rings. The van der Waals surface area contributed by atoms with Crippen LogP contribution in [0, 0.1) is 0 Å². The van der Waals surface area contributed by atoms with Crippen molar-refractivity contribution in [3.8, 4) is 0 Å². The van der Waals surface area contributed by atoms with Gasteiger partial charge >= 0.3 is 65.1 Å². The van der Waals surface area contributed by atoms with Crippen molar-refractivity contribution in [3.63, 3.8) is 0 Å². The fourth-order valence-electron chi connectivity index (χ4n) is 1.21. The van der Waals surface area contributed by atoms with Crippen molar-refractivity contribution in [2.24, 2.45) is 0 Å². The quantitative estimate of drug-likeness (QED) is 0.657. The molecule has 0 saturated carbocycles. The van der Waals surface area contributed by atoms with Gasteiger partial charge in [0.15, 0.2) is 0 Å². The summed E-state index contributed by atoms with van der Waals surface area (Å²) in [6, 6.07) is 8.49. The van der Waals surface area contributed by atoms with E-state index in [0.717, 1.165) is 19.6 Å². The molecule has 0 atom stereocenters. The first-order valence-electron chi connectivity index (χ1n) is 5.38. The summed E-state index contributed by atoms with van der Waals surface area (Å²) in [5.41, 5.74) is 1.46. The number of aryl methyl sites for hydroxylation is 1. The fourth-order valence-corrected chi connectivity index (χ4v) is 1.21. The molecule has 2 heteroatoms. The first-order valence-corrected chi connectivity index (χ1v) is 5.38. The van der Waals surface area contributed by atoms with E-state index in [0.29, 0.717) is 0 Å². The number of hydrogen-bond acceptors (Lipinski definition) is 1. The van der Waals surface area contributed by atoms with Crippen LogP contribution in [-0.4, -0.2) is 30.9 Å². The summed E-state index contributed by atoms with van der Waals surface area (Å²) in [5, 5.41) is 0. The van der Waals surface area contributed by atoms with E-state index in [-0.39, 0.29) is 0 Å². The van der Waals surface area contributed by atoms with Gasteiger partial charge < -0.3 is 4.74 Å². The van der Waals surface area contributed by atoms with Gasteiger partial charge in [-0.2, -0.15) is 0 Å². The molecule has 74 valence electrons. The summed E-state index contributed by atoms with van der Waals surface area (Å²) in [5.74, 6) is 0. The molecule has 1 aromatic carbocycles. The van der Waals surface area contributed by atoms with Gasteiger partial charge in [0.25, 0.3) is 0 Å². The minimum atomic E-state index is 0.844. The Bertz CT molecular complexity index is 234. The predicted molar refractivity (Wildman–Crippen MR) is 63.4 cm³/mol. The van der Waals surface area contributed by atoms with Crippen molar-refractivity contribution in [3.05, 3.63) is 29.8 Å². The molecule has 0 heterocycles. The van der Waals surface area contributed by atoms with E-state index in [9.17, 15) is 0 Å². The van der Waals surface area contributed by atoms with Crippen LogP contribution in [0.5, 0.6) is 0 Å². The molecule has 0 saturated heterocycles. The summed E-state index contributed by atoms with van der Waals surface area (Å²) >= 11 is 2.15. The summed E-state index contributed by atoms with van der Waals surface area (Å²) in [6.45, 7) is 7.85. The summed E-state index contributed by atoms with van der Waals surface area (Å²) < 4.78 is 6.24. The van der Waals surface area contributed by atoms with Crippen molar-refractivity contribution in [1.82, 2.24) is 0 Å². The van der Waals surface area contributed by atoms with Crippen molar-refractivity contribution in [2.45, 2.75) is 27.2 Å². The Kier molecular flexibility index (Phi) is 9.19. The van der Waals surface area contributed by atoms with E-state index in [2.05, 4.69) is 48.9 Å². The fraction of sp³-hybridized carbons (Fsp3) is 0.500. The Labute approximate surface area is 97.1 Å². The van der Waals surface area contributed by atoms with Gasteiger partial charge in [-0.3, -0.25) is 0 Å². The standard InChI is InChI=1S/C8H9.C4H10O.Li/c1-2-8-6-4-3-5-7-8;1-3-5-4-2;/h3-6H,2H2,1H3;3-4H2,1-2H3;. The first-order chi connectivity index (χ1) is 6.76. The van der Waals surface area contributed by atoms with Crippen molar-refractivity contribution < 1.29 is 4.74 Å². The van der Waals surface area contributed by atoms with Crippen LogP contribution in [0.3, 0.4) is 0 Å². The Morgan fingerprint density at radius 2 is 1.64 bits per heavy atom. The maximum atomic E-state index is 4.83. The van der Waals surface area contributed by atoms with Crippen LogP contribution in [-0.2, 0) is 11.2 Å². The van der Waals surface area contributed by atoms with Crippen molar-refractivity contribution in [1.29, 1.82) is 0 Å². The Hall–Kier alpha value is -0.223. The number of ether oxygens (including phenoxy) is 1. The molecular formula is C12H19LiO. The molecule has 0 spiro atoms. The first kappa shape index (κ1) is 13.8. The van der Waals surface area contributed by atoms with Crippen LogP contribution in [0.2, 0.25) is 0 Å². The maximum absolute atomic E-state index is 4.83. The molecule has 0 radical (unpaired) electrons. The summed E-state index contributed by atoms with van der Waals surface area (Å²) in [4.78, 5) is 0. The molecule has 0 N–H and O–H groups in total. The second kappa shape index (κ2) is 9.34. The molecule has 1 rings (SSSR count). The zero-order valence-electron chi connectivity index (χ0n) is 9.84. The Morgan fingerprint density at radius 1 is 1.07 bits per heavy atom. The monoisotopic (exact) mass is 186 g/mol. The van der Waals surface area contributed by atoms with Crippen LogP contribution in [0.4, 0.5) is 0 Å². The molecular weight excluding hydrogens is 167 g/mol. The SMILES string of the molecule is CCOCC.[Li][c]1ccccc1CC. The second-order valence-electron chi connectivity index (χ2n) is 3.06. The number of benzene rings is 1. The van der Waals surface area contributed by atoms with E-state index in [1.165, 1.54) is 9.80 Å². The molecule has 0 fully saturated rings. The topological polar surface area (TPSA) is 9.23 Å². The third-order valence-electron chi connectivity index (χ3n) is 2.05. The zero-order chi connectivity index (χ0) is 10.8. The molecule has 0 aliphatic heterocycles. The zero-order valence-corrected chi connectivity index (χ0v) is 9.84. The minimum absolute atomic E-state index is 0.844. The van der Waals surface area contributed by atoms with Gasteiger partial charge in [0, 0.05) is 13.2 Å². The molecule has 0 aliphatic carbocycles. The third-order valence-corrected chi connectivity index (χ3v) is 2.05. The second-order valence-corrected chi connectivity index (χ2v) is 3.06. The normalized spacial score (nSPS) is 9.21. The number of rotatable bonds is 3. The average molecular weight is 186 g/mol. The van der Waals surface area contributed by atoms with E-state index in [4.69, 9.17) is 4.74 Å². The van der Waals surface area contributed by atoms with Gasteiger partial charge in [0.05, 0.1) is 0 Å². The van der Waals surface area contributed by atoms with E-state index in [1.54, 1.807) is 0 Å². The van der Waals surface area contributed by atoms with Crippen LogP contribution < -0.4 is 4.24 Å².